The van der Waals surface area contributed by atoms with E-state index in [1.165, 1.54) is 24.3 Å². The molecule has 1 atom stereocenters. The van der Waals surface area contributed by atoms with E-state index in [9.17, 15) is 22.8 Å². The first-order valence-electron chi connectivity index (χ1n) is 8.60. The van der Waals surface area contributed by atoms with Crippen molar-refractivity contribution in [3.05, 3.63) is 89.3 Å². The molecule has 6 nitrogen and oxygen atoms in total. The van der Waals surface area contributed by atoms with Gasteiger partial charge in [0.05, 0.1) is 12.1 Å². The predicted octanol–water partition coefficient (Wildman–Crippen LogP) is 2.47. The summed E-state index contributed by atoms with van der Waals surface area (Å²) in [6, 6.07) is 7.38. The highest BCUT2D eigenvalue weighted by atomic mass is 19.1. The van der Waals surface area contributed by atoms with Crippen LogP contribution in [-0.2, 0) is 11.8 Å². The Balaban J connectivity index is 1.71. The van der Waals surface area contributed by atoms with Crippen LogP contribution in [0.15, 0.2) is 54.9 Å². The van der Waals surface area contributed by atoms with Gasteiger partial charge in [0.2, 0.25) is 5.91 Å². The molecular weight excluding hydrogens is 385 g/mol. The van der Waals surface area contributed by atoms with E-state index in [4.69, 9.17) is 0 Å². The summed E-state index contributed by atoms with van der Waals surface area (Å²) in [7, 11) is 1.74. The monoisotopic (exact) mass is 402 g/mol. The third-order valence-electron chi connectivity index (χ3n) is 4.21. The number of amides is 2. The number of nitrogens with zero attached hydrogens (tertiary/aromatic N) is 2. The van der Waals surface area contributed by atoms with Crippen LogP contribution in [0.2, 0.25) is 0 Å². The van der Waals surface area contributed by atoms with Gasteiger partial charge in [-0.25, -0.2) is 18.2 Å². The van der Waals surface area contributed by atoms with Crippen LogP contribution in [0.1, 0.15) is 27.8 Å². The van der Waals surface area contributed by atoms with Crippen molar-refractivity contribution in [2.75, 3.05) is 6.54 Å². The Morgan fingerprint density at radius 3 is 2.38 bits per heavy atom. The molecule has 0 spiro atoms. The third-order valence-corrected chi connectivity index (χ3v) is 4.21. The molecule has 1 heterocycles. The van der Waals surface area contributed by atoms with Crippen LogP contribution < -0.4 is 10.6 Å². The molecule has 0 fully saturated rings. The molecule has 0 aliphatic carbocycles. The average Bonchev–Trinajstić information content (AvgIpc) is 3.10. The number of nitrogens with one attached hydrogen (secondary N) is 2. The maximum Gasteiger partial charge on any atom is 0.254 e. The van der Waals surface area contributed by atoms with E-state index >= 15 is 0 Å². The molecule has 2 N–H and O–H groups in total. The second-order valence-corrected chi connectivity index (χ2v) is 6.26. The molecule has 0 radical (unpaired) electrons. The van der Waals surface area contributed by atoms with Gasteiger partial charge < -0.3 is 15.2 Å². The number of imidazole rings is 1. The Kier molecular flexibility index (Phi) is 5.96. The van der Waals surface area contributed by atoms with Gasteiger partial charge >= 0.3 is 0 Å². The summed E-state index contributed by atoms with van der Waals surface area (Å²) in [4.78, 5) is 28.6. The lowest BCUT2D eigenvalue weighted by molar-refractivity contribution is -0.120. The van der Waals surface area contributed by atoms with Crippen LogP contribution in [0.25, 0.3) is 0 Å². The number of hydrogen-bond donors (Lipinski definition) is 2. The van der Waals surface area contributed by atoms with E-state index in [0.29, 0.717) is 17.5 Å². The fourth-order valence-corrected chi connectivity index (χ4v) is 2.75. The lowest BCUT2D eigenvalue weighted by Crippen LogP contribution is -2.39. The molecule has 0 saturated heterocycles. The number of rotatable bonds is 6. The minimum absolute atomic E-state index is 0.376. The van der Waals surface area contributed by atoms with Gasteiger partial charge in [-0.15, -0.1) is 0 Å². The summed E-state index contributed by atoms with van der Waals surface area (Å²) >= 11 is 0. The first-order valence-corrected chi connectivity index (χ1v) is 8.60. The van der Waals surface area contributed by atoms with Crippen molar-refractivity contribution in [2.24, 2.45) is 7.05 Å². The molecule has 0 saturated carbocycles. The van der Waals surface area contributed by atoms with E-state index in [1.807, 2.05) is 0 Å². The number of benzene rings is 2. The summed E-state index contributed by atoms with van der Waals surface area (Å²) < 4.78 is 41.6. The highest BCUT2D eigenvalue weighted by molar-refractivity contribution is 5.96. The van der Waals surface area contributed by atoms with Gasteiger partial charge in [0.25, 0.3) is 5.91 Å². The molecule has 1 aromatic heterocycles. The lowest BCUT2D eigenvalue weighted by Gasteiger charge is -2.19. The standard InChI is InChI=1S/C20H17F3N4O2/c1-27-9-8-24-19(27)18(12-2-4-13(21)5-3-12)26-17(28)11-25-20(29)15-7-6-14(22)10-16(15)23/h2-10,18H,11H2,1H3,(H,25,29)(H,26,28). The lowest BCUT2D eigenvalue weighted by atomic mass is 10.1. The molecule has 2 amide bonds. The Labute approximate surface area is 164 Å². The van der Waals surface area contributed by atoms with Crippen molar-refractivity contribution in [1.29, 1.82) is 0 Å². The van der Waals surface area contributed by atoms with Gasteiger partial charge in [0.1, 0.15) is 29.3 Å². The quantitative estimate of drug-likeness (QED) is 0.665. The topological polar surface area (TPSA) is 76.0 Å². The van der Waals surface area contributed by atoms with Crippen LogP contribution in [0.4, 0.5) is 13.2 Å². The Morgan fingerprint density at radius 2 is 1.76 bits per heavy atom. The summed E-state index contributed by atoms with van der Waals surface area (Å²) in [5.74, 6) is -3.19. The van der Waals surface area contributed by atoms with Crippen LogP contribution >= 0.6 is 0 Å². The van der Waals surface area contributed by atoms with Crippen molar-refractivity contribution >= 4 is 11.8 Å². The van der Waals surface area contributed by atoms with Crippen molar-refractivity contribution < 1.29 is 22.8 Å². The van der Waals surface area contributed by atoms with Gasteiger partial charge in [-0.05, 0) is 29.8 Å². The molecule has 0 bridgehead atoms. The highest BCUT2D eigenvalue weighted by Gasteiger charge is 2.21. The zero-order chi connectivity index (χ0) is 21.0. The van der Waals surface area contributed by atoms with Gasteiger partial charge in [0.15, 0.2) is 0 Å². The Hall–Kier alpha value is -3.62. The normalized spacial score (nSPS) is 11.7. The van der Waals surface area contributed by atoms with E-state index in [2.05, 4.69) is 15.6 Å². The van der Waals surface area contributed by atoms with Crippen LogP contribution in [0.3, 0.4) is 0 Å². The molecule has 2 aromatic carbocycles. The largest absolute Gasteiger partial charge is 0.343 e. The Morgan fingerprint density at radius 1 is 1.07 bits per heavy atom. The average molecular weight is 402 g/mol. The van der Waals surface area contributed by atoms with Gasteiger partial charge in [0, 0.05) is 25.5 Å². The second kappa shape index (κ2) is 8.59. The molecule has 29 heavy (non-hydrogen) atoms. The molecule has 150 valence electrons. The summed E-state index contributed by atoms with van der Waals surface area (Å²) in [5, 5.41) is 5.00. The van der Waals surface area contributed by atoms with E-state index in [0.717, 1.165) is 12.1 Å². The fraction of sp³-hybridized carbons (Fsp3) is 0.150. The van der Waals surface area contributed by atoms with Gasteiger partial charge in [-0.3, -0.25) is 9.59 Å². The zero-order valence-electron chi connectivity index (χ0n) is 15.3. The molecule has 9 heteroatoms. The highest BCUT2D eigenvalue weighted by Crippen LogP contribution is 2.20. The number of carbonyl (C=O) groups excluding carboxylic acids is 2. The summed E-state index contributed by atoms with van der Waals surface area (Å²) in [5.41, 5.74) is 0.211. The van der Waals surface area contributed by atoms with Crippen molar-refractivity contribution in [1.82, 2.24) is 20.2 Å². The second-order valence-electron chi connectivity index (χ2n) is 6.26. The van der Waals surface area contributed by atoms with Crippen LogP contribution in [-0.4, -0.2) is 27.9 Å². The fourth-order valence-electron chi connectivity index (χ4n) is 2.75. The summed E-state index contributed by atoms with van der Waals surface area (Å²) in [6.07, 6.45) is 3.24. The van der Waals surface area contributed by atoms with Crippen molar-refractivity contribution in [3.63, 3.8) is 0 Å². The molecule has 1 unspecified atom stereocenters. The maximum absolute atomic E-state index is 13.7. The number of carbonyl (C=O) groups is 2. The van der Waals surface area contributed by atoms with E-state index in [-0.39, 0.29) is 5.56 Å². The van der Waals surface area contributed by atoms with Crippen molar-refractivity contribution in [3.8, 4) is 0 Å². The molecular formula is C20H17F3N4O2. The predicted molar refractivity (Wildman–Crippen MR) is 98.3 cm³/mol. The zero-order valence-corrected chi connectivity index (χ0v) is 15.3. The first kappa shape index (κ1) is 20.1. The minimum Gasteiger partial charge on any atom is -0.343 e. The number of halogens is 3. The van der Waals surface area contributed by atoms with Gasteiger partial charge in [-0.2, -0.15) is 0 Å². The molecule has 3 rings (SSSR count). The van der Waals surface area contributed by atoms with E-state index in [1.54, 1.807) is 24.0 Å². The summed E-state index contributed by atoms with van der Waals surface area (Å²) in [6.45, 7) is -0.447. The SMILES string of the molecule is Cn1ccnc1C(NC(=O)CNC(=O)c1ccc(F)cc1F)c1ccc(F)cc1. The molecule has 0 aliphatic heterocycles. The molecule has 3 aromatic rings. The molecule has 0 aliphatic rings. The van der Waals surface area contributed by atoms with Crippen LogP contribution in [0.5, 0.6) is 0 Å². The third kappa shape index (κ3) is 4.81. The first-order chi connectivity index (χ1) is 13.8. The Bertz CT molecular complexity index is 1030. The van der Waals surface area contributed by atoms with Gasteiger partial charge in [-0.1, -0.05) is 12.1 Å². The minimum atomic E-state index is -1.03. The number of aryl methyl sites for hydroxylation is 1. The van der Waals surface area contributed by atoms with E-state index < -0.39 is 41.9 Å². The maximum atomic E-state index is 13.7. The van der Waals surface area contributed by atoms with Crippen molar-refractivity contribution in [2.45, 2.75) is 6.04 Å². The smallest absolute Gasteiger partial charge is 0.254 e. The number of aromatic nitrogens is 2. The number of hydrogen-bond acceptors (Lipinski definition) is 3. The van der Waals surface area contributed by atoms with Crippen LogP contribution in [0, 0.1) is 17.5 Å².